The van der Waals surface area contributed by atoms with Crippen molar-refractivity contribution < 1.29 is 13.2 Å². The minimum atomic E-state index is -3.51. The van der Waals surface area contributed by atoms with Crippen molar-refractivity contribution in [1.82, 2.24) is 19.2 Å². The maximum absolute atomic E-state index is 12.6. The highest BCUT2D eigenvalue weighted by molar-refractivity contribution is 7.89. The van der Waals surface area contributed by atoms with Crippen molar-refractivity contribution in [3.05, 3.63) is 59.9 Å². The molecule has 2 aromatic carbocycles. The predicted octanol–water partition coefficient (Wildman–Crippen LogP) is 2.09. The van der Waals surface area contributed by atoms with E-state index in [1.165, 1.54) is 43.3 Å². The predicted molar refractivity (Wildman–Crippen MR) is 99.2 cm³/mol. The first-order chi connectivity index (χ1) is 12.3. The number of nitrogens with one attached hydrogen (secondary N) is 1. The van der Waals surface area contributed by atoms with E-state index in [2.05, 4.69) is 9.97 Å². The van der Waals surface area contributed by atoms with E-state index in [0.29, 0.717) is 17.9 Å². The number of rotatable bonds is 5. The fourth-order valence-corrected chi connectivity index (χ4v) is 3.48. The highest BCUT2D eigenvalue weighted by atomic mass is 32.2. The molecule has 0 aliphatic carbocycles. The fraction of sp³-hybridized carbons (Fsp3) is 0.222. The Balaban J connectivity index is 1.76. The third-order valence-electron chi connectivity index (χ3n) is 4.05. The Bertz CT molecular complexity index is 1010. The Morgan fingerprint density at radius 3 is 2.31 bits per heavy atom. The van der Waals surface area contributed by atoms with Crippen LogP contribution in [-0.2, 0) is 16.6 Å². The molecule has 0 radical (unpaired) electrons. The zero-order chi connectivity index (χ0) is 18.9. The Morgan fingerprint density at radius 2 is 1.69 bits per heavy atom. The van der Waals surface area contributed by atoms with E-state index in [1.54, 1.807) is 7.05 Å². The molecule has 1 N–H and O–H groups in total. The van der Waals surface area contributed by atoms with E-state index < -0.39 is 10.0 Å². The third-order valence-corrected chi connectivity index (χ3v) is 5.88. The second-order valence-corrected chi connectivity index (χ2v) is 8.33. The summed E-state index contributed by atoms with van der Waals surface area (Å²) in [5.74, 6) is 0.480. The quantitative estimate of drug-likeness (QED) is 0.743. The molecule has 0 atom stereocenters. The number of fused-ring (bicyclic) bond motifs is 1. The van der Waals surface area contributed by atoms with Crippen molar-refractivity contribution in [2.45, 2.75) is 11.4 Å². The zero-order valence-corrected chi connectivity index (χ0v) is 15.6. The van der Waals surface area contributed by atoms with E-state index in [0.717, 1.165) is 15.3 Å². The number of aromatic amines is 1. The van der Waals surface area contributed by atoms with Crippen molar-refractivity contribution >= 4 is 27.0 Å². The maximum Gasteiger partial charge on any atom is 0.254 e. The number of imidazole rings is 1. The van der Waals surface area contributed by atoms with Crippen LogP contribution in [0.15, 0.2) is 53.4 Å². The van der Waals surface area contributed by atoms with Gasteiger partial charge in [-0.25, -0.2) is 17.7 Å². The number of H-pyrrole nitrogens is 1. The highest BCUT2D eigenvalue weighted by Gasteiger charge is 2.19. The van der Waals surface area contributed by atoms with Gasteiger partial charge in [0.05, 0.1) is 22.5 Å². The SMILES string of the molecule is CN(Cc1nc2ccccc2[nH]1)C(=O)c1ccc(S(=O)(=O)N(C)C)cc1. The van der Waals surface area contributed by atoms with Crippen molar-refractivity contribution in [1.29, 1.82) is 0 Å². The molecule has 0 bridgehead atoms. The first-order valence-corrected chi connectivity index (χ1v) is 9.45. The van der Waals surface area contributed by atoms with Crippen LogP contribution in [0.5, 0.6) is 0 Å². The molecule has 136 valence electrons. The summed E-state index contributed by atoms with van der Waals surface area (Å²) in [6, 6.07) is 13.6. The lowest BCUT2D eigenvalue weighted by molar-refractivity contribution is 0.0782. The third kappa shape index (κ3) is 3.47. The Labute approximate surface area is 152 Å². The molecule has 1 amide bonds. The second-order valence-electron chi connectivity index (χ2n) is 6.17. The summed E-state index contributed by atoms with van der Waals surface area (Å²) in [5, 5.41) is 0. The van der Waals surface area contributed by atoms with Crippen LogP contribution in [0.1, 0.15) is 16.2 Å². The molecule has 8 heteroatoms. The summed E-state index contributed by atoms with van der Waals surface area (Å²) in [4.78, 5) is 21.9. The smallest absolute Gasteiger partial charge is 0.254 e. The van der Waals surface area contributed by atoms with Gasteiger partial charge in [0.2, 0.25) is 10.0 Å². The molecule has 3 aromatic rings. The maximum atomic E-state index is 12.6. The van der Waals surface area contributed by atoms with Crippen LogP contribution in [0.4, 0.5) is 0 Å². The summed E-state index contributed by atoms with van der Waals surface area (Å²) in [6.45, 7) is 0.325. The molecular weight excluding hydrogens is 352 g/mol. The van der Waals surface area contributed by atoms with Crippen molar-refractivity contribution in [2.75, 3.05) is 21.1 Å². The second kappa shape index (κ2) is 6.89. The molecular formula is C18H20N4O3S. The van der Waals surface area contributed by atoms with E-state index in [4.69, 9.17) is 0 Å². The van der Waals surface area contributed by atoms with Crippen LogP contribution in [0.25, 0.3) is 11.0 Å². The first-order valence-electron chi connectivity index (χ1n) is 8.01. The number of sulfonamides is 1. The van der Waals surface area contributed by atoms with Crippen LogP contribution in [-0.4, -0.2) is 54.6 Å². The lowest BCUT2D eigenvalue weighted by Crippen LogP contribution is -2.27. The highest BCUT2D eigenvalue weighted by Crippen LogP contribution is 2.16. The Kier molecular flexibility index (Phi) is 4.80. The van der Waals surface area contributed by atoms with Gasteiger partial charge in [-0.3, -0.25) is 4.79 Å². The van der Waals surface area contributed by atoms with Crippen LogP contribution in [0, 0.1) is 0 Å². The number of carbonyl (C=O) groups excluding carboxylic acids is 1. The molecule has 0 spiro atoms. The number of hydrogen-bond acceptors (Lipinski definition) is 4. The molecule has 7 nitrogen and oxygen atoms in total. The number of para-hydroxylation sites is 2. The molecule has 26 heavy (non-hydrogen) atoms. The Hall–Kier alpha value is -2.71. The van der Waals surface area contributed by atoms with Crippen LogP contribution >= 0.6 is 0 Å². The largest absolute Gasteiger partial charge is 0.340 e. The normalized spacial score (nSPS) is 11.8. The van der Waals surface area contributed by atoms with E-state index in [9.17, 15) is 13.2 Å². The van der Waals surface area contributed by atoms with Gasteiger partial charge in [0.25, 0.3) is 5.91 Å². The molecule has 0 aliphatic rings. The number of carbonyl (C=O) groups is 1. The van der Waals surface area contributed by atoms with Crippen LogP contribution < -0.4 is 0 Å². The molecule has 1 aromatic heterocycles. The molecule has 0 aliphatic heterocycles. The lowest BCUT2D eigenvalue weighted by atomic mass is 10.2. The minimum Gasteiger partial charge on any atom is -0.340 e. The summed E-state index contributed by atoms with van der Waals surface area (Å²) in [7, 11) is 1.11. The average Bonchev–Trinajstić information content (AvgIpc) is 3.03. The molecule has 0 fully saturated rings. The number of hydrogen-bond donors (Lipinski definition) is 1. The van der Waals surface area contributed by atoms with E-state index >= 15 is 0 Å². The van der Waals surface area contributed by atoms with Gasteiger partial charge in [-0.15, -0.1) is 0 Å². The van der Waals surface area contributed by atoms with Crippen LogP contribution in [0.3, 0.4) is 0 Å². The standard InChI is InChI=1S/C18H20N4O3S/c1-21(2)26(24,25)14-10-8-13(9-11-14)18(23)22(3)12-17-19-15-6-4-5-7-16(15)20-17/h4-11H,12H2,1-3H3,(H,19,20). The monoisotopic (exact) mass is 372 g/mol. The van der Waals surface area contributed by atoms with Crippen LogP contribution in [0.2, 0.25) is 0 Å². The summed E-state index contributed by atoms with van der Waals surface area (Å²) in [6.07, 6.45) is 0. The molecule has 1 heterocycles. The van der Waals surface area contributed by atoms with Gasteiger partial charge in [0.15, 0.2) is 0 Å². The number of nitrogens with zero attached hydrogens (tertiary/aromatic N) is 3. The van der Waals surface area contributed by atoms with Crippen molar-refractivity contribution in [3.63, 3.8) is 0 Å². The summed E-state index contributed by atoms with van der Waals surface area (Å²) < 4.78 is 25.3. The van der Waals surface area contributed by atoms with Crippen molar-refractivity contribution in [3.8, 4) is 0 Å². The lowest BCUT2D eigenvalue weighted by Gasteiger charge is -2.16. The van der Waals surface area contributed by atoms with Gasteiger partial charge in [0, 0.05) is 26.7 Å². The number of aromatic nitrogens is 2. The molecule has 0 saturated heterocycles. The van der Waals surface area contributed by atoms with Gasteiger partial charge in [-0.2, -0.15) is 0 Å². The zero-order valence-electron chi connectivity index (χ0n) is 14.8. The molecule has 3 rings (SSSR count). The summed E-state index contributed by atoms with van der Waals surface area (Å²) in [5.41, 5.74) is 2.18. The molecule has 0 unspecified atom stereocenters. The minimum absolute atomic E-state index is 0.152. The van der Waals surface area contributed by atoms with Gasteiger partial charge < -0.3 is 9.88 Å². The topological polar surface area (TPSA) is 86.4 Å². The summed E-state index contributed by atoms with van der Waals surface area (Å²) >= 11 is 0. The van der Waals surface area contributed by atoms with Gasteiger partial charge in [-0.05, 0) is 36.4 Å². The van der Waals surface area contributed by atoms with Gasteiger partial charge in [0.1, 0.15) is 5.82 Å². The number of amides is 1. The molecule has 0 saturated carbocycles. The van der Waals surface area contributed by atoms with E-state index in [-0.39, 0.29) is 10.8 Å². The number of benzene rings is 2. The van der Waals surface area contributed by atoms with E-state index in [1.807, 2.05) is 24.3 Å². The fourth-order valence-electron chi connectivity index (χ4n) is 2.58. The van der Waals surface area contributed by atoms with Gasteiger partial charge in [-0.1, -0.05) is 12.1 Å². The first kappa shape index (κ1) is 18.1. The van der Waals surface area contributed by atoms with Gasteiger partial charge >= 0.3 is 0 Å². The Morgan fingerprint density at radius 1 is 1.04 bits per heavy atom. The van der Waals surface area contributed by atoms with Crippen molar-refractivity contribution in [2.24, 2.45) is 0 Å². The average molecular weight is 372 g/mol.